The molecule has 30 heavy (non-hydrogen) atoms. The number of aromatic nitrogens is 1. The van der Waals surface area contributed by atoms with Crippen molar-refractivity contribution in [2.45, 2.75) is 39.8 Å². The predicted octanol–water partition coefficient (Wildman–Crippen LogP) is 5.94. The molecule has 1 amide bonds. The van der Waals surface area contributed by atoms with Crippen LogP contribution in [0.25, 0.3) is 0 Å². The maximum Gasteiger partial charge on any atom is 0.227 e. The van der Waals surface area contributed by atoms with E-state index in [4.69, 9.17) is 32.5 Å². The van der Waals surface area contributed by atoms with Crippen LogP contribution in [0.3, 0.4) is 0 Å². The highest BCUT2D eigenvalue weighted by Crippen LogP contribution is 2.29. The van der Waals surface area contributed by atoms with E-state index in [0.29, 0.717) is 16.7 Å². The average Bonchev–Trinajstić information content (AvgIpc) is 3.04. The van der Waals surface area contributed by atoms with E-state index in [1.54, 1.807) is 24.1 Å². The molecule has 3 aromatic rings. The Labute approximate surface area is 186 Å². The van der Waals surface area contributed by atoms with Crippen molar-refractivity contribution in [1.29, 1.82) is 0 Å². The van der Waals surface area contributed by atoms with E-state index in [-0.39, 0.29) is 18.4 Å². The number of carbonyl (C=O) groups excluding carboxylic acids is 1. The third-order valence-electron chi connectivity index (χ3n) is 5.23. The van der Waals surface area contributed by atoms with E-state index in [2.05, 4.69) is 5.16 Å². The minimum atomic E-state index is -0.167. The molecule has 0 bridgehead atoms. The summed E-state index contributed by atoms with van der Waals surface area (Å²) in [6.07, 6.45) is 0.288. The molecule has 1 atom stereocenters. The number of rotatable bonds is 7. The van der Waals surface area contributed by atoms with Crippen molar-refractivity contribution < 1.29 is 14.1 Å². The Morgan fingerprint density at radius 2 is 1.87 bits per heavy atom. The number of nitrogens with zero attached hydrogens (tertiary/aromatic N) is 2. The Morgan fingerprint density at radius 3 is 2.47 bits per heavy atom. The summed E-state index contributed by atoms with van der Waals surface area (Å²) >= 11 is 12.3. The molecule has 1 heterocycles. The average molecular weight is 447 g/mol. The van der Waals surface area contributed by atoms with Crippen molar-refractivity contribution in [3.63, 3.8) is 0 Å². The molecule has 0 fully saturated rings. The van der Waals surface area contributed by atoms with Gasteiger partial charge in [-0.25, -0.2) is 0 Å². The van der Waals surface area contributed by atoms with E-state index >= 15 is 0 Å². The van der Waals surface area contributed by atoms with Gasteiger partial charge in [0.15, 0.2) is 0 Å². The van der Waals surface area contributed by atoms with Crippen LogP contribution in [0.15, 0.2) is 47.0 Å². The zero-order valence-electron chi connectivity index (χ0n) is 17.4. The second-order valence-corrected chi connectivity index (χ2v) is 8.10. The fourth-order valence-electron chi connectivity index (χ4n) is 3.13. The summed E-state index contributed by atoms with van der Waals surface area (Å²) in [6.45, 7) is 6.08. The van der Waals surface area contributed by atoms with Crippen molar-refractivity contribution in [1.82, 2.24) is 10.1 Å². The molecule has 0 N–H and O–H groups in total. The molecule has 7 heteroatoms. The van der Waals surface area contributed by atoms with Gasteiger partial charge in [-0.1, -0.05) is 46.6 Å². The molecular weight excluding hydrogens is 423 g/mol. The molecule has 3 rings (SSSR count). The first-order valence-corrected chi connectivity index (χ1v) is 10.4. The number of ether oxygens (including phenoxy) is 1. The van der Waals surface area contributed by atoms with E-state index in [0.717, 1.165) is 33.9 Å². The predicted molar refractivity (Wildman–Crippen MR) is 118 cm³/mol. The van der Waals surface area contributed by atoms with Gasteiger partial charge in [-0.15, -0.1) is 0 Å². The van der Waals surface area contributed by atoms with Crippen LogP contribution in [0.4, 0.5) is 0 Å². The van der Waals surface area contributed by atoms with E-state index in [1.807, 2.05) is 51.1 Å². The van der Waals surface area contributed by atoms with Crippen molar-refractivity contribution in [2.24, 2.45) is 0 Å². The molecule has 0 saturated heterocycles. The maximum absolute atomic E-state index is 12.8. The Kier molecular flexibility index (Phi) is 7.06. The van der Waals surface area contributed by atoms with Gasteiger partial charge in [0.05, 0.1) is 23.7 Å². The number of likely N-dealkylation sites (N-methyl/N-ethyl adjacent to an activating group) is 1. The second-order valence-electron chi connectivity index (χ2n) is 7.26. The molecule has 0 aliphatic heterocycles. The Balaban J connectivity index is 1.59. The Bertz CT molecular complexity index is 1010. The molecule has 2 aromatic carbocycles. The molecule has 5 nitrogen and oxygen atoms in total. The van der Waals surface area contributed by atoms with E-state index in [1.165, 1.54) is 0 Å². The summed E-state index contributed by atoms with van der Waals surface area (Å²) in [7, 11) is 1.78. The second kappa shape index (κ2) is 9.54. The first kappa shape index (κ1) is 22.2. The van der Waals surface area contributed by atoms with Crippen LogP contribution in [0, 0.1) is 13.8 Å². The topological polar surface area (TPSA) is 55.6 Å². The van der Waals surface area contributed by atoms with E-state index < -0.39 is 0 Å². The van der Waals surface area contributed by atoms with Crippen LogP contribution in [-0.2, 0) is 17.8 Å². The van der Waals surface area contributed by atoms with Gasteiger partial charge in [0.1, 0.15) is 18.1 Å². The third kappa shape index (κ3) is 5.15. The van der Waals surface area contributed by atoms with E-state index in [9.17, 15) is 4.79 Å². The number of benzene rings is 2. The van der Waals surface area contributed by atoms with Gasteiger partial charge in [0.25, 0.3) is 0 Å². The smallest absolute Gasteiger partial charge is 0.227 e. The summed E-state index contributed by atoms with van der Waals surface area (Å²) in [6, 6.07) is 12.7. The first-order valence-electron chi connectivity index (χ1n) is 9.60. The summed E-state index contributed by atoms with van der Waals surface area (Å²) in [5.74, 6) is 1.48. The van der Waals surface area contributed by atoms with Gasteiger partial charge in [-0.2, -0.15) is 0 Å². The maximum atomic E-state index is 12.8. The highest BCUT2D eigenvalue weighted by Gasteiger charge is 2.20. The molecule has 1 aromatic heterocycles. The monoisotopic (exact) mass is 446 g/mol. The third-order valence-corrected chi connectivity index (χ3v) is 5.79. The summed E-state index contributed by atoms with van der Waals surface area (Å²) < 4.78 is 11.0. The summed E-state index contributed by atoms with van der Waals surface area (Å²) in [4.78, 5) is 14.4. The number of carbonyl (C=O) groups is 1. The quantitative estimate of drug-likeness (QED) is 0.450. The molecule has 0 saturated carbocycles. The number of halogens is 2. The molecular formula is C23H24Cl2N2O3. The van der Waals surface area contributed by atoms with Gasteiger partial charge in [0, 0.05) is 17.1 Å². The lowest BCUT2D eigenvalue weighted by Crippen LogP contribution is -2.31. The minimum Gasteiger partial charge on any atom is -0.489 e. The lowest BCUT2D eigenvalue weighted by atomic mass is 10.1. The van der Waals surface area contributed by atoms with Crippen molar-refractivity contribution >= 4 is 29.1 Å². The van der Waals surface area contributed by atoms with Crippen molar-refractivity contribution in [3.05, 3.63) is 80.7 Å². The lowest BCUT2D eigenvalue weighted by molar-refractivity contribution is -0.131. The van der Waals surface area contributed by atoms with Crippen LogP contribution < -0.4 is 4.74 Å². The van der Waals surface area contributed by atoms with Gasteiger partial charge >= 0.3 is 0 Å². The number of amides is 1. The molecule has 0 aliphatic carbocycles. The zero-order valence-corrected chi connectivity index (χ0v) is 18.9. The van der Waals surface area contributed by atoms with Gasteiger partial charge in [-0.05, 0) is 56.2 Å². The molecule has 0 aliphatic rings. The molecule has 158 valence electrons. The summed E-state index contributed by atoms with van der Waals surface area (Å²) in [5, 5.41) is 5.05. The summed E-state index contributed by atoms with van der Waals surface area (Å²) in [5.41, 5.74) is 3.55. The number of hydrogen-bond donors (Lipinski definition) is 0. The fourth-order valence-corrected chi connectivity index (χ4v) is 3.70. The van der Waals surface area contributed by atoms with Crippen LogP contribution in [-0.4, -0.2) is 23.0 Å². The van der Waals surface area contributed by atoms with Gasteiger partial charge in [0.2, 0.25) is 5.91 Å². The van der Waals surface area contributed by atoms with Crippen LogP contribution in [0.5, 0.6) is 5.75 Å². The van der Waals surface area contributed by atoms with Gasteiger partial charge < -0.3 is 14.2 Å². The Hall–Kier alpha value is -2.50. The van der Waals surface area contributed by atoms with Crippen molar-refractivity contribution in [3.8, 4) is 5.75 Å². The van der Waals surface area contributed by atoms with Crippen LogP contribution in [0.2, 0.25) is 10.0 Å². The zero-order chi connectivity index (χ0) is 21.8. The minimum absolute atomic E-state index is 0.00194. The van der Waals surface area contributed by atoms with Gasteiger partial charge in [-0.3, -0.25) is 4.79 Å². The molecule has 0 radical (unpaired) electrons. The Morgan fingerprint density at radius 1 is 1.17 bits per heavy atom. The molecule has 1 unspecified atom stereocenters. The fraction of sp³-hybridized carbons (Fsp3) is 0.304. The molecule has 0 spiro atoms. The normalized spacial score (nSPS) is 11.9. The highest BCUT2D eigenvalue weighted by atomic mass is 35.5. The van der Waals surface area contributed by atoms with Crippen molar-refractivity contribution in [2.75, 3.05) is 7.05 Å². The number of hydrogen-bond acceptors (Lipinski definition) is 4. The largest absolute Gasteiger partial charge is 0.489 e. The van der Waals surface area contributed by atoms with Crippen LogP contribution in [0.1, 0.15) is 41.1 Å². The standard InChI is InChI=1S/C23H24Cl2N2O3/c1-14-21(16(3)30-26-14)13-29-19-8-5-17(6-9-19)11-23(28)27(4)15(2)20-10-7-18(24)12-22(20)25/h5-10,12,15H,11,13H2,1-4H3. The lowest BCUT2D eigenvalue weighted by Gasteiger charge is -2.26. The first-order chi connectivity index (χ1) is 14.3. The number of aryl methyl sites for hydroxylation is 2. The van der Waals surface area contributed by atoms with Crippen LogP contribution >= 0.6 is 23.2 Å². The SMILES string of the molecule is Cc1noc(C)c1COc1ccc(CC(=O)N(C)C(C)c2ccc(Cl)cc2Cl)cc1. The highest BCUT2D eigenvalue weighted by molar-refractivity contribution is 6.35.